The normalized spacial score (nSPS) is 49.0. The van der Waals surface area contributed by atoms with Crippen LogP contribution in [0, 0.1) is 34.5 Å². The molecule has 0 aromatic rings. The summed E-state index contributed by atoms with van der Waals surface area (Å²) in [5, 5.41) is 0. The van der Waals surface area contributed by atoms with Gasteiger partial charge in [0.2, 0.25) is 0 Å². The summed E-state index contributed by atoms with van der Waals surface area (Å²) in [6, 6.07) is 0. The van der Waals surface area contributed by atoms with E-state index >= 15 is 0 Å². The molecule has 0 aromatic heterocycles. The van der Waals surface area contributed by atoms with Crippen molar-refractivity contribution in [3.05, 3.63) is 11.6 Å². The van der Waals surface area contributed by atoms with E-state index in [-0.39, 0.29) is 17.0 Å². The van der Waals surface area contributed by atoms with Gasteiger partial charge in [0.1, 0.15) is 5.78 Å². The van der Waals surface area contributed by atoms with Crippen molar-refractivity contribution in [1.82, 2.24) is 0 Å². The summed E-state index contributed by atoms with van der Waals surface area (Å²) >= 11 is 0. The summed E-state index contributed by atoms with van der Waals surface area (Å²) < 4.78 is 0. The molecule has 0 aromatic carbocycles. The van der Waals surface area contributed by atoms with Gasteiger partial charge in [-0.25, -0.2) is 0 Å². The Kier molecular flexibility index (Phi) is 3.42. The van der Waals surface area contributed by atoms with Gasteiger partial charge in [-0.15, -0.1) is 0 Å². The number of carbonyl (C=O) groups is 2. The second-order valence-electron chi connectivity index (χ2n) is 9.24. The molecular formula is C21H30O2. The standard InChI is InChI=1S/C21H30O2/c1-13(22)19-18(23)12-17-15-8-7-14-6-4-5-10-20(14,2)16(15)9-11-21(17,19)3/h12,14-16,19H,4-11H2,1-3H3/t14?,15-,16+,19+,20+,21+/m1/s1. The lowest BCUT2D eigenvalue weighted by molar-refractivity contribution is -0.133. The van der Waals surface area contributed by atoms with Gasteiger partial charge < -0.3 is 0 Å². The molecule has 1 unspecified atom stereocenters. The Morgan fingerprint density at radius 3 is 2.61 bits per heavy atom. The topological polar surface area (TPSA) is 34.1 Å². The van der Waals surface area contributed by atoms with Crippen LogP contribution in [-0.4, -0.2) is 11.6 Å². The number of hydrogen-bond donors (Lipinski definition) is 0. The van der Waals surface area contributed by atoms with Gasteiger partial charge in [-0.1, -0.05) is 32.3 Å². The number of rotatable bonds is 1. The quantitative estimate of drug-likeness (QED) is 0.656. The molecule has 23 heavy (non-hydrogen) atoms. The highest BCUT2D eigenvalue weighted by Gasteiger charge is 2.59. The maximum Gasteiger partial charge on any atom is 0.166 e. The van der Waals surface area contributed by atoms with Crippen molar-refractivity contribution in [2.24, 2.45) is 34.5 Å². The molecule has 0 N–H and O–H groups in total. The Labute approximate surface area is 140 Å². The lowest BCUT2D eigenvalue weighted by Crippen LogP contribution is -2.51. The molecule has 2 heteroatoms. The number of carbonyl (C=O) groups excluding carboxylic acids is 2. The van der Waals surface area contributed by atoms with Gasteiger partial charge in [-0.05, 0) is 74.7 Å². The fourth-order valence-corrected chi connectivity index (χ4v) is 7.14. The minimum absolute atomic E-state index is 0.0692. The highest BCUT2D eigenvalue weighted by Crippen LogP contribution is 2.65. The van der Waals surface area contributed by atoms with Crippen molar-refractivity contribution in [3.8, 4) is 0 Å². The lowest BCUT2D eigenvalue weighted by atomic mass is 9.46. The third-order valence-electron chi connectivity index (χ3n) is 8.27. The van der Waals surface area contributed by atoms with E-state index in [4.69, 9.17) is 0 Å². The third-order valence-corrected chi connectivity index (χ3v) is 8.27. The molecule has 0 heterocycles. The number of allylic oxidation sites excluding steroid dienone is 2. The molecule has 2 nitrogen and oxygen atoms in total. The first-order valence-electron chi connectivity index (χ1n) is 9.64. The van der Waals surface area contributed by atoms with E-state index in [2.05, 4.69) is 13.8 Å². The van der Waals surface area contributed by atoms with Crippen LogP contribution in [0.15, 0.2) is 11.6 Å². The van der Waals surface area contributed by atoms with Crippen molar-refractivity contribution in [1.29, 1.82) is 0 Å². The maximum absolute atomic E-state index is 12.5. The molecule has 0 bridgehead atoms. The van der Waals surface area contributed by atoms with Gasteiger partial charge in [-0.2, -0.15) is 0 Å². The first-order valence-corrected chi connectivity index (χ1v) is 9.64. The molecule has 4 aliphatic carbocycles. The summed E-state index contributed by atoms with van der Waals surface area (Å²) in [4.78, 5) is 24.6. The molecule has 4 rings (SSSR count). The fourth-order valence-electron chi connectivity index (χ4n) is 7.14. The molecule has 6 atom stereocenters. The zero-order chi connectivity index (χ0) is 16.4. The second kappa shape index (κ2) is 5.04. The van der Waals surface area contributed by atoms with E-state index in [1.807, 2.05) is 6.08 Å². The molecule has 0 radical (unpaired) electrons. The predicted molar refractivity (Wildman–Crippen MR) is 90.9 cm³/mol. The number of fused-ring (bicyclic) bond motifs is 5. The van der Waals surface area contributed by atoms with Crippen LogP contribution in [0.2, 0.25) is 0 Å². The number of Topliss-reactive ketones (excluding diaryl/α,β-unsaturated/α-hetero) is 1. The van der Waals surface area contributed by atoms with Crippen LogP contribution in [0.5, 0.6) is 0 Å². The van der Waals surface area contributed by atoms with Crippen LogP contribution < -0.4 is 0 Å². The van der Waals surface area contributed by atoms with E-state index < -0.39 is 5.92 Å². The van der Waals surface area contributed by atoms with E-state index in [0.717, 1.165) is 18.3 Å². The summed E-state index contributed by atoms with van der Waals surface area (Å²) in [6.45, 7) is 6.34. The number of hydrogen-bond acceptors (Lipinski definition) is 2. The van der Waals surface area contributed by atoms with Gasteiger partial charge >= 0.3 is 0 Å². The maximum atomic E-state index is 12.5. The predicted octanol–water partition coefficient (Wildman–Crippen LogP) is 4.72. The molecule has 4 aliphatic rings. The molecule has 3 fully saturated rings. The smallest absolute Gasteiger partial charge is 0.166 e. The summed E-state index contributed by atoms with van der Waals surface area (Å²) in [7, 11) is 0. The summed E-state index contributed by atoms with van der Waals surface area (Å²) in [5.74, 6) is 1.95. The van der Waals surface area contributed by atoms with Gasteiger partial charge in [0, 0.05) is 5.41 Å². The van der Waals surface area contributed by atoms with E-state index in [9.17, 15) is 9.59 Å². The molecule has 0 saturated heterocycles. The van der Waals surface area contributed by atoms with Crippen molar-refractivity contribution < 1.29 is 9.59 Å². The monoisotopic (exact) mass is 314 g/mol. The molecule has 0 amide bonds. The Morgan fingerprint density at radius 1 is 1.09 bits per heavy atom. The first kappa shape index (κ1) is 15.6. The molecule has 0 aliphatic heterocycles. The van der Waals surface area contributed by atoms with Crippen molar-refractivity contribution in [2.45, 2.75) is 72.1 Å². The summed E-state index contributed by atoms with van der Waals surface area (Å²) in [5.41, 5.74) is 1.65. The SMILES string of the molecule is CC(=O)[C@H]1C(=O)C=C2[C@@H]3CCC4CCCC[C@]4(C)[C@H]3CC[C@@]21C. The van der Waals surface area contributed by atoms with E-state index in [0.29, 0.717) is 11.3 Å². The third kappa shape index (κ3) is 1.99. The van der Waals surface area contributed by atoms with Crippen LogP contribution >= 0.6 is 0 Å². The molecule has 3 saturated carbocycles. The van der Waals surface area contributed by atoms with Crippen molar-refractivity contribution >= 4 is 11.6 Å². The van der Waals surface area contributed by atoms with Crippen molar-refractivity contribution in [2.75, 3.05) is 0 Å². The van der Waals surface area contributed by atoms with Crippen LogP contribution in [-0.2, 0) is 9.59 Å². The van der Waals surface area contributed by atoms with Crippen molar-refractivity contribution in [3.63, 3.8) is 0 Å². The first-order chi connectivity index (χ1) is 10.9. The van der Waals surface area contributed by atoms with Crippen LogP contribution in [0.3, 0.4) is 0 Å². The Hall–Kier alpha value is -0.920. The molecular weight excluding hydrogens is 284 g/mol. The highest BCUT2D eigenvalue weighted by molar-refractivity contribution is 6.10. The van der Waals surface area contributed by atoms with Gasteiger partial charge in [-0.3, -0.25) is 9.59 Å². The lowest BCUT2D eigenvalue weighted by Gasteiger charge is -2.58. The summed E-state index contributed by atoms with van der Waals surface area (Å²) in [6.07, 6.45) is 12.3. The molecule has 126 valence electrons. The second-order valence-corrected chi connectivity index (χ2v) is 9.24. The zero-order valence-corrected chi connectivity index (χ0v) is 14.9. The zero-order valence-electron chi connectivity index (χ0n) is 14.9. The fraction of sp³-hybridized carbons (Fsp3) is 0.810. The Balaban J connectivity index is 1.71. The van der Waals surface area contributed by atoms with Crippen LogP contribution in [0.25, 0.3) is 0 Å². The average molecular weight is 314 g/mol. The minimum atomic E-state index is -0.393. The Bertz CT molecular complexity index is 589. The van der Waals surface area contributed by atoms with E-state index in [1.165, 1.54) is 50.5 Å². The highest BCUT2D eigenvalue weighted by atomic mass is 16.1. The minimum Gasteiger partial charge on any atom is -0.299 e. The molecule has 0 spiro atoms. The average Bonchev–Trinajstić information content (AvgIpc) is 2.77. The largest absolute Gasteiger partial charge is 0.299 e. The van der Waals surface area contributed by atoms with Gasteiger partial charge in [0.25, 0.3) is 0 Å². The van der Waals surface area contributed by atoms with Crippen LogP contribution in [0.1, 0.15) is 72.1 Å². The van der Waals surface area contributed by atoms with Gasteiger partial charge in [0.15, 0.2) is 5.78 Å². The van der Waals surface area contributed by atoms with Crippen LogP contribution in [0.4, 0.5) is 0 Å². The Morgan fingerprint density at radius 2 is 1.87 bits per heavy atom. The number of ketones is 2. The van der Waals surface area contributed by atoms with E-state index in [1.54, 1.807) is 6.92 Å². The van der Waals surface area contributed by atoms with Gasteiger partial charge in [0.05, 0.1) is 5.92 Å².